The fraction of sp³-hybridized carbons (Fsp3) is 0.333. The second-order valence-electron chi connectivity index (χ2n) is 3.17. The highest BCUT2D eigenvalue weighted by atomic mass is 79.9. The van der Waals surface area contributed by atoms with Gasteiger partial charge >= 0.3 is 0 Å². The molecule has 0 aliphatic carbocycles. The molecule has 0 aliphatic rings. The van der Waals surface area contributed by atoms with Crippen molar-refractivity contribution in [2.45, 2.75) is 19.9 Å². The van der Waals surface area contributed by atoms with E-state index in [0.717, 1.165) is 6.07 Å². The molecule has 0 saturated heterocycles. The fourth-order valence-electron chi connectivity index (χ4n) is 1.04. The van der Waals surface area contributed by atoms with Crippen LogP contribution in [0.15, 0.2) is 21.8 Å². The maximum absolute atomic E-state index is 13.0. The van der Waals surface area contributed by atoms with Gasteiger partial charge in [0.15, 0.2) is 0 Å². The normalized spacial score (nSPS) is 10.4. The van der Waals surface area contributed by atoms with E-state index in [9.17, 15) is 9.30 Å². The van der Waals surface area contributed by atoms with Crippen molar-refractivity contribution in [1.29, 1.82) is 0 Å². The molecule has 1 aromatic carbocycles. The zero-order valence-corrected chi connectivity index (χ0v) is 9.43. The molecule has 1 aromatic rings. The van der Waals surface area contributed by atoms with Gasteiger partial charge in [0.1, 0.15) is 11.5 Å². The molecule has 0 heterocycles. The molecule has 76 valence electrons. The van der Waals surface area contributed by atoms with Crippen LogP contribution in [0.3, 0.4) is 0 Å². The summed E-state index contributed by atoms with van der Waals surface area (Å²) in [7, 11) is 0. The molecule has 0 saturated carbocycles. The summed E-state index contributed by atoms with van der Waals surface area (Å²) in [4.78, 5) is 10.4. The van der Waals surface area contributed by atoms with Gasteiger partial charge in [0.05, 0.1) is 10.2 Å². The third-order valence-corrected chi connectivity index (χ3v) is 2.19. The van der Waals surface area contributed by atoms with E-state index in [-0.39, 0.29) is 11.7 Å². The highest BCUT2D eigenvalue weighted by Crippen LogP contribution is 2.31. The molecule has 0 radical (unpaired) electrons. The van der Waals surface area contributed by atoms with Gasteiger partial charge in [0, 0.05) is 12.1 Å². The van der Waals surface area contributed by atoms with Crippen molar-refractivity contribution in [2.24, 2.45) is 5.18 Å². The monoisotopic (exact) mass is 260 g/mol. The Morgan fingerprint density at radius 2 is 2.14 bits per heavy atom. The van der Waals surface area contributed by atoms with Crippen LogP contribution in [-0.2, 0) is 0 Å². The molecule has 0 bridgehead atoms. The summed E-state index contributed by atoms with van der Waals surface area (Å²) in [5.74, 6) is -0.492. The Bertz CT molecular complexity index is 355. The first kappa shape index (κ1) is 11.1. The number of hydrogen-bond donors (Lipinski definition) is 1. The number of hydrogen-bond acceptors (Lipinski definition) is 3. The van der Waals surface area contributed by atoms with Gasteiger partial charge in [-0.15, -0.1) is 4.91 Å². The van der Waals surface area contributed by atoms with Crippen molar-refractivity contribution in [3.05, 3.63) is 27.3 Å². The van der Waals surface area contributed by atoms with Crippen LogP contribution in [-0.4, -0.2) is 6.04 Å². The summed E-state index contributed by atoms with van der Waals surface area (Å²) < 4.78 is 13.3. The molecule has 0 unspecified atom stereocenters. The molecular weight excluding hydrogens is 251 g/mol. The Labute approximate surface area is 89.8 Å². The predicted octanol–water partition coefficient (Wildman–Crippen LogP) is 3.81. The molecule has 1 N–H and O–H groups in total. The zero-order chi connectivity index (χ0) is 10.7. The van der Waals surface area contributed by atoms with Gasteiger partial charge in [0.25, 0.3) is 0 Å². The lowest BCUT2D eigenvalue weighted by atomic mass is 10.2. The van der Waals surface area contributed by atoms with Crippen LogP contribution >= 0.6 is 15.9 Å². The SMILES string of the molecule is CC(C)Nc1cc(Br)c(F)cc1N=O. The van der Waals surface area contributed by atoms with Crippen LogP contribution in [0.5, 0.6) is 0 Å². The Hall–Kier alpha value is -0.970. The molecule has 0 aromatic heterocycles. The Balaban J connectivity index is 3.13. The number of nitroso groups, excluding NO2 is 1. The van der Waals surface area contributed by atoms with Crippen molar-refractivity contribution in [1.82, 2.24) is 0 Å². The summed E-state index contributed by atoms with van der Waals surface area (Å²) in [6, 6.07) is 2.77. The number of nitrogens with one attached hydrogen (secondary N) is 1. The lowest BCUT2D eigenvalue weighted by Gasteiger charge is -2.11. The molecule has 0 aliphatic heterocycles. The van der Waals surface area contributed by atoms with Gasteiger partial charge in [-0.3, -0.25) is 0 Å². The second kappa shape index (κ2) is 4.50. The average Bonchev–Trinajstić information content (AvgIpc) is 2.10. The van der Waals surface area contributed by atoms with Crippen LogP contribution in [0.1, 0.15) is 13.8 Å². The van der Waals surface area contributed by atoms with E-state index < -0.39 is 5.82 Å². The minimum absolute atomic E-state index is 0.0828. The minimum Gasteiger partial charge on any atom is -0.381 e. The first-order valence-corrected chi connectivity index (χ1v) is 4.93. The maximum Gasteiger partial charge on any atom is 0.139 e. The summed E-state index contributed by atoms with van der Waals surface area (Å²) >= 11 is 3.04. The van der Waals surface area contributed by atoms with Crippen LogP contribution < -0.4 is 5.32 Å². The lowest BCUT2D eigenvalue weighted by molar-refractivity contribution is 0.621. The van der Waals surface area contributed by atoms with Gasteiger partial charge < -0.3 is 5.32 Å². The van der Waals surface area contributed by atoms with Crippen LogP contribution in [0.2, 0.25) is 0 Å². The van der Waals surface area contributed by atoms with E-state index in [1.807, 2.05) is 13.8 Å². The van der Waals surface area contributed by atoms with Gasteiger partial charge in [-0.1, -0.05) is 0 Å². The standard InChI is InChI=1S/C9H10BrFN2O/c1-5(2)12-8-3-6(10)7(11)4-9(8)13-14/h3-5,12H,1-2H3. The molecule has 0 amide bonds. The largest absolute Gasteiger partial charge is 0.381 e. The molecule has 0 atom stereocenters. The van der Waals surface area contributed by atoms with Crippen LogP contribution in [0.25, 0.3) is 0 Å². The zero-order valence-electron chi connectivity index (χ0n) is 7.84. The summed E-state index contributed by atoms with van der Waals surface area (Å²) in [5, 5.41) is 5.75. The number of rotatable bonds is 3. The topological polar surface area (TPSA) is 41.5 Å². The Morgan fingerprint density at radius 1 is 1.50 bits per heavy atom. The quantitative estimate of drug-likeness (QED) is 0.840. The van der Waals surface area contributed by atoms with Gasteiger partial charge in [-0.25, -0.2) is 4.39 Å². The summed E-state index contributed by atoms with van der Waals surface area (Å²) in [5.41, 5.74) is 0.614. The van der Waals surface area contributed by atoms with E-state index in [1.165, 1.54) is 6.07 Å². The molecule has 1 rings (SSSR count). The van der Waals surface area contributed by atoms with Crippen LogP contribution in [0.4, 0.5) is 15.8 Å². The first-order chi connectivity index (χ1) is 6.54. The Kier molecular flexibility index (Phi) is 3.57. The van der Waals surface area contributed by atoms with Crippen molar-refractivity contribution in [3.63, 3.8) is 0 Å². The van der Waals surface area contributed by atoms with Gasteiger partial charge in [0.2, 0.25) is 0 Å². The lowest BCUT2D eigenvalue weighted by Crippen LogP contribution is -2.09. The van der Waals surface area contributed by atoms with E-state index in [4.69, 9.17) is 0 Å². The number of halogens is 2. The maximum atomic E-state index is 13.0. The molecule has 14 heavy (non-hydrogen) atoms. The van der Waals surface area contributed by atoms with Gasteiger partial charge in [-0.2, -0.15) is 0 Å². The Morgan fingerprint density at radius 3 is 2.64 bits per heavy atom. The molecule has 0 fully saturated rings. The summed E-state index contributed by atoms with van der Waals surface area (Å²) in [6.07, 6.45) is 0. The molecular formula is C9H10BrFN2O. The minimum atomic E-state index is -0.492. The van der Waals surface area contributed by atoms with E-state index in [2.05, 4.69) is 26.4 Å². The van der Waals surface area contributed by atoms with E-state index in [0.29, 0.717) is 10.2 Å². The smallest absolute Gasteiger partial charge is 0.139 e. The van der Waals surface area contributed by atoms with Crippen molar-refractivity contribution < 1.29 is 4.39 Å². The molecule has 3 nitrogen and oxygen atoms in total. The third kappa shape index (κ3) is 2.51. The highest BCUT2D eigenvalue weighted by Gasteiger charge is 2.09. The van der Waals surface area contributed by atoms with Crippen molar-refractivity contribution in [3.8, 4) is 0 Å². The predicted molar refractivity (Wildman–Crippen MR) is 58.3 cm³/mol. The van der Waals surface area contributed by atoms with Crippen molar-refractivity contribution >= 4 is 27.3 Å². The average molecular weight is 261 g/mol. The highest BCUT2D eigenvalue weighted by molar-refractivity contribution is 9.10. The number of anilines is 1. The number of benzene rings is 1. The van der Waals surface area contributed by atoms with E-state index in [1.54, 1.807) is 0 Å². The molecule has 5 heteroatoms. The number of nitrogens with zero attached hydrogens (tertiary/aromatic N) is 1. The second-order valence-corrected chi connectivity index (χ2v) is 4.03. The van der Waals surface area contributed by atoms with Crippen molar-refractivity contribution in [2.75, 3.05) is 5.32 Å². The summed E-state index contributed by atoms with van der Waals surface area (Å²) in [6.45, 7) is 3.84. The third-order valence-electron chi connectivity index (χ3n) is 1.58. The van der Waals surface area contributed by atoms with E-state index >= 15 is 0 Å². The molecule has 0 spiro atoms. The van der Waals surface area contributed by atoms with Gasteiger partial charge in [-0.05, 0) is 41.0 Å². The fourth-order valence-corrected chi connectivity index (χ4v) is 1.38. The van der Waals surface area contributed by atoms with Crippen LogP contribution in [0, 0.1) is 10.7 Å². The first-order valence-electron chi connectivity index (χ1n) is 4.13.